The third kappa shape index (κ3) is 5.44. The van der Waals surface area contributed by atoms with Crippen molar-refractivity contribution in [3.8, 4) is 23.6 Å². The number of benzene rings is 3. The lowest BCUT2D eigenvalue weighted by Gasteiger charge is -2.21. The number of rotatable bonds is 7. The molecule has 4 rings (SSSR count). The van der Waals surface area contributed by atoms with E-state index in [4.69, 9.17) is 15.2 Å². The van der Waals surface area contributed by atoms with Crippen molar-refractivity contribution in [3.63, 3.8) is 0 Å². The van der Waals surface area contributed by atoms with Gasteiger partial charge in [0.05, 0.1) is 30.2 Å². The number of anilines is 1. The van der Waals surface area contributed by atoms with Gasteiger partial charge in [-0.05, 0) is 48.0 Å². The first kappa shape index (κ1) is 25.5. The molecule has 0 spiro atoms. The van der Waals surface area contributed by atoms with E-state index in [1.165, 1.54) is 0 Å². The maximum atomic E-state index is 9.91. The Hall–Kier alpha value is -3.63. The van der Waals surface area contributed by atoms with Crippen LogP contribution in [-0.2, 0) is 6.61 Å². The Bertz CT molecular complexity index is 1410. The Balaban J connectivity index is 1.60. The first-order valence-corrected chi connectivity index (χ1v) is 12.5. The largest absolute Gasteiger partial charge is 0.493 e. The van der Waals surface area contributed by atoms with E-state index in [1.807, 2.05) is 54.6 Å². The fourth-order valence-electron chi connectivity index (χ4n) is 3.73. The maximum Gasteiger partial charge on any atom is 0.161 e. The Morgan fingerprint density at radius 3 is 2.53 bits per heavy atom. The van der Waals surface area contributed by atoms with Gasteiger partial charge in [-0.2, -0.15) is 15.6 Å². The number of nitriles is 2. The van der Waals surface area contributed by atoms with Gasteiger partial charge in [-0.25, -0.2) is 5.01 Å². The summed E-state index contributed by atoms with van der Waals surface area (Å²) in [6.07, 6.45) is 0.967. The van der Waals surface area contributed by atoms with Gasteiger partial charge in [0, 0.05) is 14.5 Å². The predicted molar refractivity (Wildman–Crippen MR) is 146 cm³/mol. The molecule has 9 heteroatoms. The van der Waals surface area contributed by atoms with Crippen molar-refractivity contribution in [1.82, 2.24) is 0 Å². The molecule has 7 nitrogen and oxygen atoms in total. The summed E-state index contributed by atoms with van der Waals surface area (Å²) >= 11 is 6.99. The molecule has 36 heavy (non-hydrogen) atoms. The summed E-state index contributed by atoms with van der Waals surface area (Å²) in [5, 5.41) is 25.8. The minimum absolute atomic E-state index is 0.255. The quantitative estimate of drug-likeness (QED) is 0.330. The molecule has 0 saturated heterocycles. The average molecular weight is 607 g/mol. The molecular weight excluding hydrogens is 586 g/mol. The molecule has 3 aromatic rings. The number of para-hydroxylation sites is 1. The Morgan fingerprint density at radius 1 is 1.08 bits per heavy atom. The van der Waals surface area contributed by atoms with Crippen molar-refractivity contribution >= 4 is 49.3 Å². The number of ether oxygens (including phenoxy) is 2. The summed E-state index contributed by atoms with van der Waals surface area (Å²) in [5.41, 5.74) is 9.33. The van der Waals surface area contributed by atoms with E-state index in [-0.39, 0.29) is 5.57 Å². The van der Waals surface area contributed by atoms with Crippen LogP contribution in [0.3, 0.4) is 0 Å². The van der Waals surface area contributed by atoms with Crippen LogP contribution in [0.2, 0.25) is 0 Å². The van der Waals surface area contributed by atoms with Crippen LogP contribution in [0, 0.1) is 28.6 Å². The van der Waals surface area contributed by atoms with E-state index in [0.29, 0.717) is 29.4 Å². The lowest BCUT2D eigenvalue weighted by atomic mass is 9.95. The number of methoxy groups -OCH3 is 1. The molecule has 0 bridgehead atoms. The van der Waals surface area contributed by atoms with Gasteiger partial charge in [0.2, 0.25) is 0 Å². The third-order valence-electron chi connectivity index (χ3n) is 5.59. The number of hydrazone groups is 1. The zero-order valence-corrected chi connectivity index (χ0v) is 22.4. The smallest absolute Gasteiger partial charge is 0.161 e. The molecule has 0 saturated carbocycles. The minimum Gasteiger partial charge on any atom is -0.493 e. The van der Waals surface area contributed by atoms with Gasteiger partial charge < -0.3 is 15.2 Å². The zero-order valence-electron chi connectivity index (χ0n) is 19.2. The van der Waals surface area contributed by atoms with E-state index in [0.717, 1.165) is 20.2 Å². The predicted octanol–water partition coefficient (Wildman–Crippen LogP) is 6.01. The molecular formula is C27H21Br2N5O2. The van der Waals surface area contributed by atoms with Gasteiger partial charge in [0.25, 0.3) is 0 Å². The first-order valence-electron chi connectivity index (χ1n) is 10.9. The molecule has 0 amide bonds. The molecule has 0 unspecified atom stereocenters. The highest BCUT2D eigenvalue weighted by Gasteiger charge is 2.37. The van der Waals surface area contributed by atoms with Gasteiger partial charge in [-0.15, -0.1) is 0 Å². The van der Waals surface area contributed by atoms with Crippen molar-refractivity contribution in [2.24, 2.45) is 16.8 Å². The summed E-state index contributed by atoms with van der Waals surface area (Å²) in [6.45, 7) is 0.344. The molecule has 2 N–H and O–H groups in total. The van der Waals surface area contributed by atoms with Gasteiger partial charge in [-0.3, -0.25) is 0 Å². The first-order chi connectivity index (χ1) is 17.4. The van der Waals surface area contributed by atoms with Crippen molar-refractivity contribution in [3.05, 3.63) is 92.4 Å². The summed E-state index contributed by atoms with van der Waals surface area (Å²) in [6, 6.07) is 24.9. The van der Waals surface area contributed by atoms with Crippen LogP contribution >= 0.6 is 31.9 Å². The number of hydrogen-bond donors (Lipinski definition) is 1. The lowest BCUT2D eigenvalue weighted by molar-refractivity contribution is 0.284. The van der Waals surface area contributed by atoms with Gasteiger partial charge >= 0.3 is 0 Å². The maximum absolute atomic E-state index is 9.91. The monoisotopic (exact) mass is 605 g/mol. The second-order valence-electron chi connectivity index (χ2n) is 7.87. The summed E-state index contributed by atoms with van der Waals surface area (Å²) in [4.78, 5) is 0. The Morgan fingerprint density at radius 2 is 1.86 bits per heavy atom. The molecule has 3 aromatic carbocycles. The Kier molecular flexibility index (Phi) is 8.07. The lowest BCUT2D eigenvalue weighted by Crippen LogP contribution is -2.40. The summed E-state index contributed by atoms with van der Waals surface area (Å²) < 4.78 is 13.4. The van der Waals surface area contributed by atoms with Crippen LogP contribution in [0.4, 0.5) is 5.69 Å². The van der Waals surface area contributed by atoms with E-state index in [2.05, 4.69) is 49.1 Å². The van der Waals surface area contributed by atoms with Crippen molar-refractivity contribution < 1.29 is 9.47 Å². The highest BCUT2D eigenvalue weighted by Crippen LogP contribution is 2.32. The van der Waals surface area contributed by atoms with Crippen LogP contribution in [0.5, 0.6) is 11.5 Å². The molecule has 2 atom stereocenters. The number of hydrogen-bond acceptors (Lipinski definition) is 7. The van der Waals surface area contributed by atoms with E-state index in [1.54, 1.807) is 30.3 Å². The highest BCUT2D eigenvalue weighted by atomic mass is 79.9. The zero-order chi connectivity index (χ0) is 25.7. The molecule has 1 aliphatic heterocycles. The van der Waals surface area contributed by atoms with E-state index >= 15 is 0 Å². The summed E-state index contributed by atoms with van der Waals surface area (Å²) in [7, 11) is 1.56. The Labute approximate surface area is 226 Å². The summed E-state index contributed by atoms with van der Waals surface area (Å²) in [5.74, 6) is 0.320. The standard InChI is InChI=1S/C27H21Br2N5O2/c1-35-25-12-17(7-10-24(25)36-16-18-8-9-20(28)13-23(18)29)11-19(14-30)26-22(15-31)27(32)34(33-26)21-5-3-2-4-6-21/h2-13,22,27H,16,32H2,1H3/b19-11-/t22-,27+/m0/s1. The molecule has 0 fully saturated rings. The average Bonchev–Trinajstić information content (AvgIpc) is 3.23. The minimum atomic E-state index is -0.759. The molecule has 1 heterocycles. The molecule has 1 aliphatic rings. The van der Waals surface area contributed by atoms with Crippen LogP contribution in [-0.4, -0.2) is 19.0 Å². The van der Waals surface area contributed by atoms with Crippen LogP contribution in [0.25, 0.3) is 6.08 Å². The highest BCUT2D eigenvalue weighted by molar-refractivity contribution is 9.11. The van der Waals surface area contributed by atoms with Crippen molar-refractivity contribution in [1.29, 1.82) is 10.5 Å². The van der Waals surface area contributed by atoms with Gasteiger partial charge in [0.15, 0.2) is 11.5 Å². The van der Waals surface area contributed by atoms with Crippen molar-refractivity contribution in [2.75, 3.05) is 12.1 Å². The number of halogens is 2. The van der Waals surface area contributed by atoms with Crippen LogP contribution in [0.15, 0.2) is 86.3 Å². The SMILES string of the molecule is COc1cc(/C=C(/C#N)C2=NN(c3ccccc3)[C@@H](N)[C@H]2C#N)ccc1OCc1ccc(Br)cc1Br. The fourth-order valence-corrected chi connectivity index (χ4v) is 4.90. The van der Waals surface area contributed by atoms with Crippen molar-refractivity contribution in [2.45, 2.75) is 12.8 Å². The van der Waals surface area contributed by atoms with E-state index in [9.17, 15) is 10.5 Å². The van der Waals surface area contributed by atoms with Gasteiger partial charge in [-0.1, -0.05) is 62.2 Å². The van der Waals surface area contributed by atoms with Crippen LogP contribution < -0.4 is 20.2 Å². The molecule has 0 aliphatic carbocycles. The van der Waals surface area contributed by atoms with Gasteiger partial charge in [0.1, 0.15) is 24.8 Å². The van der Waals surface area contributed by atoms with Crippen LogP contribution in [0.1, 0.15) is 11.1 Å². The number of nitrogens with zero attached hydrogens (tertiary/aromatic N) is 4. The molecule has 180 valence electrons. The topological polar surface area (TPSA) is 108 Å². The second-order valence-corrected chi connectivity index (χ2v) is 9.64. The third-order valence-corrected chi connectivity index (χ3v) is 6.82. The number of allylic oxidation sites excluding steroid dienone is 1. The fraction of sp³-hybridized carbons (Fsp3) is 0.148. The van der Waals surface area contributed by atoms with E-state index < -0.39 is 12.1 Å². The second kappa shape index (κ2) is 11.4. The molecule has 0 radical (unpaired) electrons. The normalized spacial score (nSPS) is 17.2. The molecule has 0 aromatic heterocycles. The number of nitrogens with two attached hydrogens (primary N) is 1.